The summed E-state index contributed by atoms with van der Waals surface area (Å²) in [7, 11) is 0. The number of H-pyrrole nitrogens is 1. The highest BCUT2D eigenvalue weighted by molar-refractivity contribution is 6.18. The van der Waals surface area contributed by atoms with E-state index in [0.29, 0.717) is 5.82 Å². The van der Waals surface area contributed by atoms with Crippen molar-refractivity contribution in [1.82, 2.24) is 15.5 Å². The Bertz CT molecular complexity index is 380. The van der Waals surface area contributed by atoms with E-state index in [0.717, 1.165) is 30.8 Å². The zero-order valence-electron chi connectivity index (χ0n) is 8.68. The molecule has 0 bridgehead atoms. The van der Waals surface area contributed by atoms with E-state index in [1.54, 1.807) is 0 Å². The number of carbonyl (C=O) groups excluding carboxylic acids is 1. The molecule has 0 aliphatic carbocycles. The van der Waals surface area contributed by atoms with E-state index >= 15 is 0 Å². The highest BCUT2D eigenvalue weighted by atomic mass is 35.5. The summed E-state index contributed by atoms with van der Waals surface area (Å²) in [5.41, 5.74) is 2.06. The molecule has 0 aromatic carbocycles. The normalized spacial score (nSPS) is 14.3. The molecule has 3 N–H and O–H groups in total. The number of fused-ring (bicyclic) bond motifs is 1. The van der Waals surface area contributed by atoms with Crippen molar-refractivity contribution in [3.63, 3.8) is 0 Å². The molecule has 88 valence electrons. The van der Waals surface area contributed by atoms with Crippen molar-refractivity contribution in [1.29, 1.82) is 0 Å². The predicted molar refractivity (Wildman–Crippen MR) is 59.7 cm³/mol. The molecule has 1 aromatic heterocycles. The van der Waals surface area contributed by atoms with Gasteiger partial charge in [-0.1, -0.05) is 0 Å². The van der Waals surface area contributed by atoms with Gasteiger partial charge in [0.05, 0.1) is 11.6 Å². The Hall–Kier alpha value is -1.27. The predicted octanol–water partition coefficient (Wildman–Crippen LogP) is 0.843. The summed E-state index contributed by atoms with van der Waals surface area (Å²) in [6, 6.07) is 0. The molecular weight excluding hydrogens is 232 g/mol. The first-order valence-corrected chi connectivity index (χ1v) is 5.61. The average Bonchev–Trinajstić information content (AvgIpc) is 2.70. The maximum atomic E-state index is 11.3. The van der Waals surface area contributed by atoms with Crippen molar-refractivity contribution in [2.45, 2.75) is 13.0 Å². The monoisotopic (exact) mass is 244 g/mol. The van der Waals surface area contributed by atoms with Gasteiger partial charge in [0.15, 0.2) is 5.82 Å². The van der Waals surface area contributed by atoms with Crippen molar-refractivity contribution >= 4 is 23.5 Å². The van der Waals surface area contributed by atoms with Gasteiger partial charge in [-0.25, -0.2) is 4.79 Å². The summed E-state index contributed by atoms with van der Waals surface area (Å²) in [5, 5.41) is 12.7. The molecule has 0 unspecified atom stereocenters. The minimum atomic E-state index is -0.520. The van der Waals surface area contributed by atoms with Crippen molar-refractivity contribution in [3.8, 4) is 0 Å². The molecule has 7 heteroatoms. The molecule has 16 heavy (non-hydrogen) atoms. The Balaban J connectivity index is 1.99. The Morgan fingerprint density at radius 1 is 1.62 bits per heavy atom. The molecule has 0 fully saturated rings. The van der Waals surface area contributed by atoms with Gasteiger partial charge in [0.2, 0.25) is 0 Å². The van der Waals surface area contributed by atoms with Crippen LogP contribution in [-0.2, 0) is 17.7 Å². The lowest BCUT2D eigenvalue weighted by atomic mass is 10.1. The number of amides is 1. The maximum absolute atomic E-state index is 11.3. The van der Waals surface area contributed by atoms with Gasteiger partial charge in [0.1, 0.15) is 6.61 Å². The van der Waals surface area contributed by atoms with Crippen molar-refractivity contribution in [3.05, 3.63) is 11.3 Å². The lowest BCUT2D eigenvalue weighted by molar-refractivity contribution is 0.168. The van der Waals surface area contributed by atoms with E-state index in [9.17, 15) is 4.79 Å². The van der Waals surface area contributed by atoms with Crippen LogP contribution in [0.4, 0.5) is 10.6 Å². The summed E-state index contributed by atoms with van der Waals surface area (Å²) in [6.07, 6.45) is 0.324. The van der Waals surface area contributed by atoms with Crippen LogP contribution in [0.15, 0.2) is 0 Å². The fourth-order valence-corrected chi connectivity index (χ4v) is 1.69. The smallest absolute Gasteiger partial charge is 0.412 e. The second kappa shape index (κ2) is 5.18. The van der Waals surface area contributed by atoms with Crippen LogP contribution in [0.5, 0.6) is 0 Å². The number of anilines is 1. The third-order valence-corrected chi connectivity index (χ3v) is 2.49. The molecule has 2 rings (SSSR count). The number of nitrogens with one attached hydrogen (secondary N) is 3. The van der Waals surface area contributed by atoms with E-state index in [1.807, 2.05) is 0 Å². The third kappa shape index (κ3) is 2.45. The minimum Gasteiger partial charge on any atom is -0.448 e. The van der Waals surface area contributed by atoms with Gasteiger partial charge in [-0.3, -0.25) is 10.4 Å². The van der Waals surface area contributed by atoms with E-state index in [-0.39, 0.29) is 12.5 Å². The van der Waals surface area contributed by atoms with Gasteiger partial charge in [0.25, 0.3) is 0 Å². The fraction of sp³-hybridized carbons (Fsp3) is 0.556. The van der Waals surface area contributed by atoms with Crippen LogP contribution >= 0.6 is 11.6 Å². The number of nitrogens with zero attached hydrogens (tertiary/aromatic N) is 1. The molecule has 1 aromatic rings. The van der Waals surface area contributed by atoms with E-state index in [2.05, 4.69) is 20.8 Å². The highest BCUT2D eigenvalue weighted by Gasteiger charge is 2.18. The lowest BCUT2D eigenvalue weighted by Gasteiger charge is -2.12. The zero-order valence-corrected chi connectivity index (χ0v) is 9.43. The van der Waals surface area contributed by atoms with E-state index < -0.39 is 6.09 Å². The SMILES string of the molecule is O=C(Nc1n[nH]c2c1CCNC2)OCCCl. The van der Waals surface area contributed by atoms with Crippen LogP contribution in [0.3, 0.4) is 0 Å². The average molecular weight is 245 g/mol. The Kier molecular flexibility index (Phi) is 3.63. The van der Waals surface area contributed by atoms with Gasteiger partial charge >= 0.3 is 6.09 Å². The number of carbonyl (C=O) groups is 1. The first-order chi connectivity index (χ1) is 7.81. The van der Waals surface area contributed by atoms with E-state index in [4.69, 9.17) is 16.3 Å². The molecule has 1 aliphatic rings. The molecular formula is C9H13ClN4O2. The van der Waals surface area contributed by atoms with Crippen LogP contribution in [0.2, 0.25) is 0 Å². The molecule has 0 spiro atoms. The van der Waals surface area contributed by atoms with Crippen molar-refractivity contribution < 1.29 is 9.53 Å². The molecule has 6 nitrogen and oxygen atoms in total. The van der Waals surface area contributed by atoms with Gasteiger partial charge in [-0.2, -0.15) is 5.10 Å². The second-order valence-electron chi connectivity index (χ2n) is 3.41. The zero-order chi connectivity index (χ0) is 11.4. The van der Waals surface area contributed by atoms with Gasteiger partial charge in [0, 0.05) is 12.1 Å². The summed E-state index contributed by atoms with van der Waals surface area (Å²) >= 11 is 5.41. The number of hydrogen-bond donors (Lipinski definition) is 3. The summed E-state index contributed by atoms with van der Waals surface area (Å²) < 4.78 is 4.80. The molecule has 2 heterocycles. The number of alkyl halides is 1. The Morgan fingerprint density at radius 3 is 3.31 bits per heavy atom. The lowest BCUT2D eigenvalue weighted by Crippen LogP contribution is -2.24. The van der Waals surface area contributed by atoms with Crippen LogP contribution in [0, 0.1) is 0 Å². The number of aromatic amines is 1. The van der Waals surface area contributed by atoms with Gasteiger partial charge in [-0.15, -0.1) is 11.6 Å². The number of ether oxygens (including phenoxy) is 1. The van der Waals surface area contributed by atoms with Crippen LogP contribution in [0.25, 0.3) is 0 Å². The number of aromatic nitrogens is 2. The van der Waals surface area contributed by atoms with Gasteiger partial charge in [-0.05, 0) is 13.0 Å². The first-order valence-electron chi connectivity index (χ1n) is 5.08. The molecule has 0 radical (unpaired) electrons. The largest absolute Gasteiger partial charge is 0.448 e. The summed E-state index contributed by atoms with van der Waals surface area (Å²) in [5.74, 6) is 0.840. The quantitative estimate of drug-likeness (QED) is 0.689. The van der Waals surface area contributed by atoms with Crippen molar-refractivity contribution in [2.24, 2.45) is 0 Å². The minimum absolute atomic E-state index is 0.196. The standard InChI is InChI=1S/C9H13ClN4O2/c10-2-4-16-9(15)12-8-6-1-3-11-5-7(6)13-14-8/h11H,1-5H2,(H2,12,13,14,15). The number of rotatable bonds is 3. The molecule has 0 atom stereocenters. The van der Waals surface area contributed by atoms with Gasteiger partial charge < -0.3 is 10.1 Å². The van der Waals surface area contributed by atoms with E-state index in [1.165, 1.54) is 0 Å². The van der Waals surface area contributed by atoms with Crippen LogP contribution in [0.1, 0.15) is 11.3 Å². The van der Waals surface area contributed by atoms with Crippen LogP contribution in [-0.4, -0.2) is 35.3 Å². The van der Waals surface area contributed by atoms with Crippen LogP contribution < -0.4 is 10.6 Å². The van der Waals surface area contributed by atoms with Crippen molar-refractivity contribution in [2.75, 3.05) is 24.3 Å². The summed E-state index contributed by atoms with van der Waals surface area (Å²) in [6.45, 7) is 1.83. The first kappa shape index (κ1) is 11.2. The molecule has 1 aliphatic heterocycles. The number of halogens is 1. The highest BCUT2D eigenvalue weighted by Crippen LogP contribution is 2.19. The molecule has 0 saturated carbocycles. The molecule has 1 amide bonds. The summed E-state index contributed by atoms with van der Waals surface area (Å²) in [4.78, 5) is 11.3. The second-order valence-corrected chi connectivity index (χ2v) is 3.78. The third-order valence-electron chi connectivity index (χ3n) is 2.34. The fourth-order valence-electron chi connectivity index (χ4n) is 1.61. The Labute approximate surface area is 97.7 Å². The Morgan fingerprint density at radius 2 is 2.50 bits per heavy atom. The topological polar surface area (TPSA) is 79.0 Å². The maximum Gasteiger partial charge on any atom is 0.412 e. The molecule has 0 saturated heterocycles. The number of hydrogen-bond acceptors (Lipinski definition) is 4.